The van der Waals surface area contributed by atoms with E-state index in [1.54, 1.807) is 24.4 Å². The topological polar surface area (TPSA) is 67.2 Å². The summed E-state index contributed by atoms with van der Waals surface area (Å²) in [5.41, 5.74) is 2.87. The van der Waals surface area contributed by atoms with Gasteiger partial charge in [-0.3, -0.25) is 4.79 Å². The molecule has 5 nitrogen and oxygen atoms in total. The molecule has 0 aliphatic heterocycles. The molecule has 0 bridgehead atoms. The van der Waals surface area contributed by atoms with Crippen molar-refractivity contribution in [3.63, 3.8) is 0 Å². The Bertz CT molecular complexity index is 847. The maximum atomic E-state index is 12.0. The van der Waals surface area contributed by atoms with Crippen LogP contribution in [0.4, 0.5) is 17.2 Å². The van der Waals surface area contributed by atoms with Gasteiger partial charge < -0.3 is 15.1 Å². The van der Waals surface area contributed by atoms with Crippen LogP contribution in [-0.4, -0.2) is 10.9 Å². The second-order valence-corrected chi connectivity index (χ2v) is 6.78. The normalized spacial score (nSPS) is 11.2. The van der Waals surface area contributed by atoms with Crippen LogP contribution in [-0.2, 0) is 5.41 Å². The summed E-state index contributed by atoms with van der Waals surface area (Å²) in [6, 6.07) is 15.1. The van der Waals surface area contributed by atoms with E-state index in [1.165, 1.54) is 11.8 Å². The fourth-order valence-electron chi connectivity index (χ4n) is 2.53. The number of hydrogen-bond donors (Lipinski definition) is 2. The van der Waals surface area contributed by atoms with Gasteiger partial charge in [0.25, 0.3) is 5.91 Å². The summed E-state index contributed by atoms with van der Waals surface area (Å²) in [7, 11) is 0. The first-order chi connectivity index (χ1) is 11.9. The first kappa shape index (κ1) is 16.8. The van der Waals surface area contributed by atoms with E-state index >= 15 is 0 Å². The zero-order chi connectivity index (χ0) is 17.9. The average molecular weight is 335 g/mol. The molecule has 1 aromatic carbocycles. The quantitative estimate of drug-likeness (QED) is 0.706. The Balaban J connectivity index is 1.73. The maximum absolute atomic E-state index is 12.0. The summed E-state index contributed by atoms with van der Waals surface area (Å²) in [4.78, 5) is 16.3. The van der Waals surface area contributed by atoms with Crippen molar-refractivity contribution in [2.75, 3.05) is 10.6 Å². The third-order valence-corrected chi connectivity index (χ3v) is 3.76. The fraction of sp³-hybridized carbons (Fsp3) is 0.200. The molecule has 25 heavy (non-hydrogen) atoms. The summed E-state index contributed by atoms with van der Waals surface area (Å²) in [5.74, 6) is 0.680. The zero-order valence-electron chi connectivity index (χ0n) is 14.5. The van der Waals surface area contributed by atoms with Gasteiger partial charge in [0.05, 0.1) is 18.1 Å². The molecule has 0 spiro atoms. The van der Waals surface area contributed by atoms with E-state index in [1.807, 2.05) is 24.3 Å². The van der Waals surface area contributed by atoms with Crippen LogP contribution < -0.4 is 10.6 Å². The monoisotopic (exact) mass is 335 g/mol. The second-order valence-electron chi connectivity index (χ2n) is 6.78. The van der Waals surface area contributed by atoms with E-state index in [4.69, 9.17) is 4.42 Å². The van der Waals surface area contributed by atoms with Crippen molar-refractivity contribution in [3.05, 3.63) is 72.3 Å². The molecule has 0 saturated heterocycles. The van der Waals surface area contributed by atoms with Crippen LogP contribution in [0.1, 0.15) is 36.9 Å². The molecule has 3 aromatic rings. The van der Waals surface area contributed by atoms with Crippen molar-refractivity contribution < 1.29 is 9.21 Å². The number of benzene rings is 1. The number of amides is 1. The van der Waals surface area contributed by atoms with Gasteiger partial charge in [0.1, 0.15) is 5.82 Å². The highest BCUT2D eigenvalue weighted by Gasteiger charge is 2.17. The van der Waals surface area contributed by atoms with E-state index < -0.39 is 0 Å². The Morgan fingerprint density at radius 3 is 2.48 bits per heavy atom. The average Bonchev–Trinajstić information content (AvgIpc) is 3.11. The SMILES string of the molecule is CC(C)(C)c1ccccc1Nc1ccc(NC(=O)c2ccco2)cn1. The zero-order valence-corrected chi connectivity index (χ0v) is 14.5. The molecule has 5 heteroatoms. The van der Waals surface area contributed by atoms with Gasteiger partial charge >= 0.3 is 0 Å². The third-order valence-electron chi connectivity index (χ3n) is 3.76. The van der Waals surface area contributed by atoms with Crippen molar-refractivity contribution >= 4 is 23.1 Å². The molecular weight excluding hydrogens is 314 g/mol. The minimum Gasteiger partial charge on any atom is -0.459 e. The van der Waals surface area contributed by atoms with Crippen molar-refractivity contribution in [2.24, 2.45) is 0 Å². The molecule has 0 saturated carbocycles. The molecule has 0 aliphatic rings. The summed E-state index contributed by atoms with van der Waals surface area (Å²) >= 11 is 0. The number of carbonyl (C=O) groups excluding carboxylic acids is 1. The van der Waals surface area contributed by atoms with Gasteiger partial charge in [0.15, 0.2) is 5.76 Å². The number of nitrogens with zero attached hydrogens (tertiary/aromatic N) is 1. The molecule has 2 N–H and O–H groups in total. The van der Waals surface area contributed by atoms with E-state index in [0.29, 0.717) is 11.5 Å². The molecule has 128 valence electrons. The minimum absolute atomic E-state index is 0.0283. The molecule has 0 aliphatic carbocycles. The van der Waals surface area contributed by atoms with Crippen molar-refractivity contribution in [3.8, 4) is 0 Å². The lowest BCUT2D eigenvalue weighted by Crippen LogP contribution is -2.14. The number of nitrogens with one attached hydrogen (secondary N) is 2. The first-order valence-electron chi connectivity index (χ1n) is 8.11. The molecule has 2 heterocycles. The molecule has 3 rings (SSSR count). The van der Waals surface area contributed by atoms with Crippen molar-refractivity contribution in [1.82, 2.24) is 4.98 Å². The molecule has 0 unspecified atom stereocenters. The summed E-state index contributed by atoms with van der Waals surface area (Å²) in [6.45, 7) is 6.52. The summed E-state index contributed by atoms with van der Waals surface area (Å²) in [6.07, 6.45) is 3.08. The number of anilines is 3. The Labute approximate surface area is 147 Å². The molecule has 0 fully saturated rings. The number of para-hydroxylation sites is 1. The van der Waals surface area contributed by atoms with Gasteiger partial charge in [-0.15, -0.1) is 0 Å². The van der Waals surface area contributed by atoms with E-state index in [2.05, 4.69) is 42.5 Å². The fourth-order valence-corrected chi connectivity index (χ4v) is 2.53. The van der Waals surface area contributed by atoms with E-state index in [9.17, 15) is 4.79 Å². The first-order valence-corrected chi connectivity index (χ1v) is 8.11. The molecular formula is C20H21N3O2. The van der Waals surface area contributed by atoms with Gasteiger partial charge in [0.2, 0.25) is 0 Å². The van der Waals surface area contributed by atoms with Crippen LogP contribution in [0.3, 0.4) is 0 Å². The number of rotatable bonds is 4. The van der Waals surface area contributed by atoms with Gasteiger partial charge in [-0.1, -0.05) is 39.0 Å². The number of aromatic nitrogens is 1. The van der Waals surface area contributed by atoms with Crippen LogP contribution in [0.5, 0.6) is 0 Å². The highest BCUT2D eigenvalue weighted by atomic mass is 16.3. The summed E-state index contributed by atoms with van der Waals surface area (Å²) < 4.78 is 5.07. The van der Waals surface area contributed by atoms with Crippen LogP contribution in [0, 0.1) is 0 Å². The maximum Gasteiger partial charge on any atom is 0.291 e. The largest absolute Gasteiger partial charge is 0.459 e. The number of carbonyl (C=O) groups is 1. The molecule has 0 radical (unpaired) electrons. The predicted octanol–water partition coefficient (Wildman–Crippen LogP) is 4.97. The van der Waals surface area contributed by atoms with Crippen molar-refractivity contribution in [2.45, 2.75) is 26.2 Å². The van der Waals surface area contributed by atoms with Crippen LogP contribution in [0.15, 0.2) is 65.4 Å². The highest BCUT2D eigenvalue weighted by molar-refractivity contribution is 6.02. The highest BCUT2D eigenvalue weighted by Crippen LogP contribution is 2.30. The second kappa shape index (κ2) is 6.81. The number of hydrogen-bond acceptors (Lipinski definition) is 4. The van der Waals surface area contributed by atoms with Gasteiger partial charge in [-0.05, 0) is 41.3 Å². The summed E-state index contributed by atoms with van der Waals surface area (Å²) in [5, 5.41) is 6.09. The van der Waals surface area contributed by atoms with Crippen LogP contribution >= 0.6 is 0 Å². The predicted molar refractivity (Wildman–Crippen MR) is 99.3 cm³/mol. The van der Waals surface area contributed by atoms with Gasteiger partial charge in [0, 0.05) is 5.69 Å². The molecule has 1 amide bonds. The standard InChI is InChI=1S/C20H21N3O2/c1-20(2,3)15-7-4-5-8-16(15)23-18-11-10-14(13-21-18)22-19(24)17-9-6-12-25-17/h4-13H,1-3H3,(H,21,23)(H,22,24). The Hall–Kier alpha value is -3.08. The lowest BCUT2D eigenvalue weighted by atomic mass is 9.86. The van der Waals surface area contributed by atoms with Gasteiger partial charge in [-0.25, -0.2) is 4.98 Å². The lowest BCUT2D eigenvalue weighted by molar-refractivity contribution is 0.0996. The van der Waals surface area contributed by atoms with Crippen LogP contribution in [0.2, 0.25) is 0 Å². The van der Waals surface area contributed by atoms with Crippen LogP contribution in [0.25, 0.3) is 0 Å². The minimum atomic E-state index is -0.300. The third kappa shape index (κ3) is 4.07. The van der Waals surface area contributed by atoms with Crippen molar-refractivity contribution in [1.29, 1.82) is 0 Å². The van der Waals surface area contributed by atoms with E-state index in [-0.39, 0.29) is 17.1 Å². The van der Waals surface area contributed by atoms with E-state index in [0.717, 1.165) is 5.69 Å². The van der Waals surface area contributed by atoms with Gasteiger partial charge in [-0.2, -0.15) is 0 Å². The molecule has 2 aromatic heterocycles. The molecule has 0 atom stereocenters. The number of pyridine rings is 1. The number of furan rings is 1. The lowest BCUT2D eigenvalue weighted by Gasteiger charge is -2.23. The Morgan fingerprint density at radius 1 is 1.04 bits per heavy atom. The smallest absolute Gasteiger partial charge is 0.291 e. The Morgan fingerprint density at radius 2 is 1.84 bits per heavy atom. The Kier molecular flexibility index (Phi) is 4.57.